The van der Waals surface area contributed by atoms with Gasteiger partial charge in [0.05, 0.1) is 12.1 Å². The third kappa shape index (κ3) is 3.98. The van der Waals surface area contributed by atoms with Crippen LogP contribution in [0.25, 0.3) is 10.9 Å². The Balaban J connectivity index is 1.65. The first-order valence-electron chi connectivity index (χ1n) is 8.01. The third-order valence-electron chi connectivity index (χ3n) is 3.76. The summed E-state index contributed by atoms with van der Waals surface area (Å²) in [5.41, 5.74) is 0.437. The molecule has 128 valence electrons. The lowest BCUT2D eigenvalue weighted by Crippen LogP contribution is -2.36. The van der Waals surface area contributed by atoms with E-state index >= 15 is 0 Å². The summed E-state index contributed by atoms with van der Waals surface area (Å²) in [5.74, 6) is 0.784. The van der Waals surface area contributed by atoms with Crippen LogP contribution in [0.2, 0.25) is 0 Å². The van der Waals surface area contributed by atoms with Crippen LogP contribution >= 0.6 is 15.9 Å². The van der Waals surface area contributed by atoms with E-state index in [4.69, 9.17) is 9.47 Å². The minimum atomic E-state index is -0.479. The number of ether oxygens (including phenoxy) is 2. The number of likely N-dealkylation sites (tertiary alicyclic amines) is 1. The molecule has 3 rings (SSSR count). The van der Waals surface area contributed by atoms with E-state index in [1.54, 1.807) is 11.1 Å². The number of hydrogen-bond acceptors (Lipinski definition) is 4. The van der Waals surface area contributed by atoms with Gasteiger partial charge in [0.2, 0.25) is 0 Å². The first-order chi connectivity index (χ1) is 11.3. The van der Waals surface area contributed by atoms with Crippen LogP contribution in [0.5, 0.6) is 5.75 Å². The molecule has 1 atom stereocenters. The summed E-state index contributed by atoms with van der Waals surface area (Å²) >= 11 is 3.54. The first kappa shape index (κ1) is 17.0. The minimum absolute atomic E-state index is 0.0228. The van der Waals surface area contributed by atoms with Crippen molar-refractivity contribution in [3.05, 3.63) is 34.9 Å². The normalized spacial score (nSPS) is 18.0. The van der Waals surface area contributed by atoms with Crippen molar-refractivity contribution in [2.24, 2.45) is 0 Å². The van der Waals surface area contributed by atoms with E-state index in [0.717, 1.165) is 27.5 Å². The fourth-order valence-corrected chi connectivity index (χ4v) is 3.11. The lowest BCUT2D eigenvalue weighted by Gasteiger charge is -2.24. The summed E-state index contributed by atoms with van der Waals surface area (Å²) in [7, 11) is 0. The largest absolute Gasteiger partial charge is 0.488 e. The molecule has 2 aromatic rings. The second-order valence-electron chi connectivity index (χ2n) is 6.93. The Hall–Kier alpha value is -1.82. The molecule has 6 heteroatoms. The van der Waals surface area contributed by atoms with Crippen LogP contribution < -0.4 is 4.74 Å². The van der Waals surface area contributed by atoms with Gasteiger partial charge >= 0.3 is 6.09 Å². The van der Waals surface area contributed by atoms with Crippen LogP contribution in [-0.4, -0.2) is 40.8 Å². The fraction of sp³-hybridized carbons (Fsp3) is 0.444. The number of carbonyl (C=O) groups is 1. The molecule has 24 heavy (non-hydrogen) atoms. The molecule has 0 N–H and O–H groups in total. The maximum atomic E-state index is 12.1. The van der Waals surface area contributed by atoms with E-state index < -0.39 is 5.60 Å². The van der Waals surface area contributed by atoms with Crippen molar-refractivity contribution in [2.45, 2.75) is 38.9 Å². The maximum Gasteiger partial charge on any atom is 0.410 e. The standard InChI is InChI=1S/C18H21BrN2O3/c1-18(2,3)24-17(22)21-9-7-13(11-21)23-12-4-5-16-14(10-12)15(19)6-8-20-16/h4-6,8,10,13H,7,9,11H2,1-3H3/t13-/m0/s1. The van der Waals surface area contributed by atoms with Crippen LogP contribution in [0, 0.1) is 0 Å². The van der Waals surface area contributed by atoms with Gasteiger partial charge in [-0.2, -0.15) is 0 Å². The van der Waals surface area contributed by atoms with Gasteiger partial charge in [0.1, 0.15) is 17.5 Å². The SMILES string of the molecule is CC(C)(C)OC(=O)N1CC[C@H](Oc2ccc3nccc(Br)c3c2)C1. The molecule has 1 fully saturated rings. The number of benzene rings is 1. The lowest BCUT2D eigenvalue weighted by atomic mass is 10.2. The van der Waals surface area contributed by atoms with E-state index in [2.05, 4.69) is 20.9 Å². The summed E-state index contributed by atoms with van der Waals surface area (Å²) in [6, 6.07) is 7.74. The van der Waals surface area contributed by atoms with E-state index in [-0.39, 0.29) is 12.2 Å². The van der Waals surface area contributed by atoms with Gasteiger partial charge in [0.15, 0.2) is 0 Å². The quantitative estimate of drug-likeness (QED) is 0.760. The second kappa shape index (κ2) is 6.59. The number of carbonyl (C=O) groups excluding carboxylic acids is 1. The summed E-state index contributed by atoms with van der Waals surface area (Å²) in [4.78, 5) is 18.1. The van der Waals surface area contributed by atoms with Crippen LogP contribution in [0.15, 0.2) is 34.9 Å². The van der Waals surface area contributed by atoms with Crippen molar-refractivity contribution < 1.29 is 14.3 Å². The highest BCUT2D eigenvalue weighted by atomic mass is 79.9. The number of hydrogen-bond donors (Lipinski definition) is 0. The van der Waals surface area contributed by atoms with E-state index in [1.807, 2.05) is 45.0 Å². The van der Waals surface area contributed by atoms with Gasteiger partial charge in [-0.1, -0.05) is 15.9 Å². The summed E-state index contributed by atoms with van der Waals surface area (Å²) < 4.78 is 12.4. The number of nitrogens with zero attached hydrogens (tertiary/aromatic N) is 2. The molecule has 1 saturated heterocycles. The minimum Gasteiger partial charge on any atom is -0.488 e. The molecule has 1 aromatic heterocycles. The van der Waals surface area contributed by atoms with E-state index in [9.17, 15) is 4.79 Å². The molecule has 0 spiro atoms. The van der Waals surface area contributed by atoms with Crippen molar-refractivity contribution in [1.29, 1.82) is 0 Å². The van der Waals surface area contributed by atoms with Crippen LogP contribution in [0.1, 0.15) is 27.2 Å². The number of aromatic nitrogens is 1. The molecule has 1 aliphatic rings. The average molecular weight is 393 g/mol. The summed E-state index contributed by atoms with van der Waals surface area (Å²) in [6.07, 6.45) is 2.26. The molecule has 0 aliphatic carbocycles. The van der Waals surface area contributed by atoms with Gasteiger partial charge < -0.3 is 14.4 Å². The summed E-state index contributed by atoms with van der Waals surface area (Å²) in [6.45, 7) is 6.81. The summed E-state index contributed by atoms with van der Waals surface area (Å²) in [5, 5.41) is 1.01. The highest BCUT2D eigenvalue weighted by molar-refractivity contribution is 9.10. The van der Waals surface area contributed by atoms with E-state index in [1.165, 1.54) is 0 Å². The zero-order valence-corrected chi connectivity index (χ0v) is 15.7. The number of pyridine rings is 1. The van der Waals surface area contributed by atoms with Crippen LogP contribution in [-0.2, 0) is 4.74 Å². The third-order valence-corrected chi connectivity index (χ3v) is 4.45. The van der Waals surface area contributed by atoms with Crippen LogP contribution in [0.3, 0.4) is 0 Å². The molecule has 0 saturated carbocycles. The smallest absolute Gasteiger partial charge is 0.410 e. The van der Waals surface area contributed by atoms with Gasteiger partial charge in [-0.3, -0.25) is 4.98 Å². The van der Waals surface area contributed by atoms with Gasteiger partial charge in [0.25, 0.3) is 0 Å². The number of halogens is 1. The molecular weight excluding hydrogens is 372 g/mol. The molecule has 1 amide bonds. The topological polar surface area (TPSA) is 51.7 Å². The molecule has 0 bridgehead atoms. The molecule has 0 unspecified atom stereocenters. The molecule has 1 aliphatic heterocycles. The van der Waals surface area contributed by atoms with Crippen molar-refractivity contribution in [3.63, 3.8) is 0 Å². The second-order valence-corrected chi connectivity index (χ2v) is 7.78. The van der Waals surface area contributed by atoms with Crippen molar-refractivity contribution >= 4 is 32.9 Å². The molecule has 1 aromatic carbocycles. The Morgan fingerprint density at radius 3 is 2.88 bits per heavy atom. The van der Waals surface area contributed by atoms with Gasteiger partial charge in [-0.05, 0) is 45.0 Å². The average Bonchev–Trinajstić information content (AvgIpc) is 2.95. The van der Waals surface area contributed by atoms with Crippen molar-refractivity contribution in [2.75, 3.05) is 13.1 Å². The molecule has 0 radical (unpaired) electrons. The Morgan fingerprint density at radius 2 is 2.12 bits per heavy atom. The zero-order valence-electron chi connectivity index (χ0n) is 14.1. The molecule has 5 nitrogen and oxygen atoms in total. The monoisotopic (exact) mass is 392 g/mol. The lowest BCUT2D eigenvalue weighted by molar-refractivity contribution is 0.0275. The Bertz CT molecular complexity index is 758. The molecule has 2 heterocycles. The molecular formula is C18H21BrN2O3. The maximum absolute atomic E-state index is 12.1. The zero-order chi connectivity index (χ0) is 17.3. The van der Waals surface area contributed by atoms with Gasteiger partial charge in [-0.25, -0.2) is 4.79 Å². The Morgan fingerprint density at radius 1 is 1.33 bits per heavy atom. The predicted molar refractivity (Wildman–Crippen MR) is 96.3 cm³/mol. The highest BCUT2D eigenvalue weighted by Gasteiger charge is 2.30. The predicted octanol–water partition coefficient (Wildman–Crippen LogP) is 4.39. The number of amides is 1. The number of rotatable bonds is 2. The van der Waals surface area contributed by atoms with Gasteiger partial charge in [0, 0.05) is 29.0 Å². The number of fused-ring (bicyclic) bond motifs is 1. The Labute approximate surface area is 150 Å². The van der Waals surface area contributed by atoms with Crippen molar-refractivity contribution in [1.82, 2.24) is 9.88 Å². The Kier molecular flexibility index (Phi) is 4.67. The van der Waals surface area contributed by atoms with Gasteiger partial charge in [-0.15, -0.1) is 0 Å². The van der Waals surface area contributed by atoms with Crippen molar-refractivity contribution in [3.8, 4) is 5.75 Å². The first-order valence-corrected chi connectivity index (χ1v) is 8.80. The fourth-order valence-electron chi connectivity index (χ4n) is 2.67. The van der Waals surface area contributed by atoms with Crippen LogP contribution in [0.4, 0.5) is 4.79 Å². The highest BCUT2D eigenvalue weighted by Crippen LogP contribution is 2.28. The van der Waals surface area contributed by atoms with E-state index in [0.29, 0.717) is 13.1 Å².